The minimum Gasteiger partial charge on any atom is -0.343 e. The number of benzene rings is 3. The van der Waals surface area contributed by atoms with Crippen LogP contribution in [0.4, 0.5) is 4.39 Å². The zero-order valence-electron chi connectivity index (χ0n) is 17.8. The molecule has 0 saturated heterocycles. The van der Waals surface area contributed by atoms with Gasteiger partial charge in [0.15, 0.2) is 0 Å². The Bertz CT molecular complexity index is 1320. The number of rotatable bonds is 7. The number of amides is 2. The average molecular weight is 476 g/mol. The van der Waals surface area contributed by atoms with Gasteiger partial charge >= 0.3 is 0 Å². The molecule has 3 aromatic carbocycles. The van der Waals surface area contributed by atoms with E-state index in [1.165, 1.54) is 18.3 Å². The third kappa shape index (κ3) is 5.73. The minimum absolute atomic E-state index is 0.257. The third-order valence-corrected chi connectivity index (χ3v) is 5.04. The zero-order chi connectivity index (χ0) is 23.9. The lowest BCUT2D eigenvalue weighted by atomic mass is 10.1. The van der Waals surface area contributed by atoms with Gasteiger partial charge in [0.1, 0.15) is 11.5 Å². The van der Waals surface area contributed by atoms with E-state index in [1.54, 1.807) is 47.3 Å². The number of aromatic nitrogens is 2. The van der Waals surface area contributed by atoms with Gasteiger partial charge in [-0.05, 0) is 60.7 Å². The Morgan fingerprint density at radius 1 is 1.00 bits per heavy atom. The summed E-state index contributed by atoms with van der Waals surface area (Å²) in [6, 6.07) is 21.7. The first kappa shape index (κ1) is 22.9. The molecular formula is C25H19ClFN5O2. The lowest BCUT2D eigenvalue weighted by molar-refractivity contribution is -0.120. The molecule has 0 fully saturated rings. The van der Waals surface area contributed by atoms with Crippen LogP contribution in [0.1, 0.15) is 15.9 Å². The van der Waals surface area contributed by atoms with Crippen LogP contribution in [-0.2, 0) is 4.79 Å². The van der Waals surface area contributed by atoms with Crippen LogP contribution in [0.25, 0.3) is 16.9 Å². The largest absolute Gasteiger partial charge is 0.343 e. The number of hydrogen-bond acceptors (Lipinski definition) is 4. The van der Waals surface area contributed by atoms with Crippen LogP contribution in [0.3, 0.4) is 0 Å². The predicted molar refractivity (Wildman–Crippen MR) is 128 cm³/mol. The number of para-hydroxylation sites is 1. The predicted octanol–water partition coefficient (Wildman–Crippen LogP) is 4.21. The molecule has 4 aromatic rings. The highest BCUT2D eigenvalue weighted by Gasteiger charge is 2.12. The summed E-state index contributed by atoms with van der Waals surface area (Å²) in [5.41, 5.74) is 5.47. The van der Waals surface area contributed by atoms with Crippen LogP contribution in [0.5, 0.6) is 0 Å². The van der Waals surface area contributed by atoms with Crippen LogP contribution in [-0.4, -0.2) is 34.4 Å². The molecule has 1 heterocycles. The third-order valence-electron chi connectivity index (χ3n) is 4.79. The van der Waals surface area contributed by atoms with E-state index in [0.717, 1.165) is 5.69 Å². The van der Waals surface area contributed by atoms with Gasteiger partial charge in [0, 0.05) is 27.9 Å². The molecule has 9 heteroatoms. The Hall–Kier alpha value is -4.30. The van der Waals surface area contributed by atoms with Crippen LogP contribution in [0.2, 0.25) is 5.02 Å². The van der Waals surface area contributed by atoms with Crippen molar-refractivity contribution in [2.24, 2.45) is 5.10 Å². The van der Waals surface area contributed by atoms with Crippen LogP contribution < -0.4 is 10.7 Å². The Morgan fingerprint density at radius 2 is 1.71 bits per heavy atom. The van der Waals surface area contributed by atoms with E-state index in [4.69, 9.17) is 11.6 Å². The van der Waals surface area contributed by atoms with Gasteiger partial charge in [-0.15, -0.1) is 0 Å². The molecule has 2 N–H and O–H groups in total. The highest BCUT2D eigenvalue weighted by Crippen LogP contribution is 2.23. The van der Waals surface area contributed by atoms with Crippen molar-refractivity contribution in [1.29, 1.82) is 0 Å². The summed E-state index contributed by atoms with van der Waals surface area (Å²) < 4.78 is 15.1. The Morgan fingerprint density at radius 3 is 2.41 bits per heavy atom. The number of carbonyl (C=O) groups is 2. The highest BCUT2D eigenvalue weighted by atomic mass is 35.5. The van der Waals surface area contributed by atoms with Crippen molar-refractivity contribution in [3.63, 3.8) is 0 Å². The second-order valence-corrected chi connectivity index (χ2v) is 7.64. The lowest BCUT2D eigenvalue weighted by Gasteiger charge is -2.04. The van der Waals surface area contributed by atoms with Gasteiger partial charge < -0.3 is 5.32 Å². The van der Waals surface area contributed by atoms with E-state index < -0.39 is 11.8 Å². The van der Waals surface area contributed by atoms with Crippen LogP contribution in [0.15, 0.2) is 90.2 Å². The number of nitrogens with zero attached hydrogens (tertiary/aromatic N) is 3. The maximum atomic E-state index is 13.4. The molecule has 0 bridgehead atoms. The van der Waals surface area contributed by atoms with Gasteiger partial charge in [-0.1, -0.05) is 29.8 Å². The lowest BCUT2D eigenvalue weighted by Crippen LogP contribution is -2.34. The quantitative estimate of drug-likeness (QED) is 0.310. The first-order valence-corrected chi connectivity index (χ1v) is 10.6. The standard InChI is InChI=1S/C25H19ClFN5O2/c26-20-10-6-18(7-11-20)25(34)28-15-23(33)30-29-14-19-16-32(22-4-2-1-3-5-22)31-24(19)17-8-12-21(27)13-9-17/h1-14,16H,15H2,(H,28,34)(H,30,33). The van der Waals surface area contributed by atoms with E-state index >= 15 is 0 Å². The Labute approximate surface area is 199 Å². The van der Waals surface area contributed by atoms with Crippen molar-refractivity contribution in [2.45, 2.75) is 0 Å². The summed E-state index contributed by atoms with van der Waals surface area (Å²) in [6.07, 6.45) is 3.20. The summed E-state index contributed by atoms with van der Waals surface area (Å²) in [4.78, 5) is 24.2. The molecule has 0 atom stereocenters. The van der Waals surface area contributed by atoms with Crippen molar-refractivity contribution < 1.29 is 14.0 Å². The average Bonchev–Trinajstić information content (AvgIpc) is 3.28. The molecule has 0 aliphatic carbocycles. The number of hydrazone groups is 1. The van der Waals surface area contributed by atoms with Gasteiger partial charge in [-0.2, -0.15) is 10.2 Å². The molecular weight excluding hydrogens is 457 g/mol. The molecule has 7 nitrogen and oxygen atoms in total. The SMILES string of the molecule is O=C(CNC(=O)c1ccc(Cl)cc1)NN=Cc1cn(-c2ccccc2)nc1-c1ccc(F)cc1. The van der Waals surface area contributed by atoms with Crippen molar-refractivity contribution in [3.8, 4) is 16.9 Å². The maximum Gasteiger partial charge on any atom is 0.259 e. The molecule has 4 rings (SSSR count). The number of hydrogen-bond donors (Lipinski definition) is 2. The van der Waals surface area contributed by atoms with Crippen molar-refractivity contribution in [1.82, 2.24) is 20.5 Å². The van der Waals surface area contributed by atoms with Crippen LogP contribution in [0, 0.1) is 5.82 Å². The Kier molecular flexibility index (Phi) is 7.10. The van der Waals surface area contributed by atoms with Gasteiger partial charge in [0.2, 0.25) is 0 Å². The minimum atomic E-state index is -0.502. The molecule has 170 valence electrons. The molecule has 1 aromatic heterocycles. The number of nitrogens with one attached hydrogen (secondary N) is 2. The zero-order valence-corrected chi connectivity index (χ0v) is 18.5. The van der Waals surface area contributed by atoms with Gasteiger partial charge in [0.05, 0.1) is 18.4 Å². The van der Waals surface area contributed by atoms with E-state index in [9.17, 15) is 14.0 Å². The summed E-state index contributed by atoms with van der Waals surface area (Å²) >= 11 is 5.81. The van der Waals surface area contributed by atoms with Crippen LogP contribution >= 0.6 is 11.6 Å². The number of carbonyl (C=O) groups excluding carboxylic acids is 2. The topological polar surface area (TPSA) is 88.4 Å². The van der Waals surface area contributed by atoms with Gasteiger partial charge in [-0.25, -0.2) is 14.5 Å². The normalized spacial score (nSPS) is 10.9. The van der Waals surface area contributed by atoms with Crippen molar-refractivity contribution in [3.05, 3.63) is 107 Å². The fourth-order valence-electron chi connectivity index (χ4n) is 3.10. The highest BCUT2D eigenvalue weighted by molar-refractivity contribution is 6.30. The smallest absolute Gasteiger partial charge is 0.259 e. The second-order valence-electron chi connectivity index (χ2n) is 7.20. The summed E-state index contributed by atoms with van der Waals surface area (Å²) in [5, 5.41) is 11.6. The summed E-state index contributed by atoms with van der Waals surface area (Å²) in [6.45, 7) is -0.257. The van der Waals surface area contributed by atoms with Gasteiger partial charge in [-0.3, -0.25) is 9.59 Å². The molecule has 2 amide bonds. The molecule has 0 radical (unpaired) electrons. The maximum absolute atomic E-state index is 13.4. The fourth-order valence-corrected chi connectivity index (χ4v) is 3.23. The monoisotopic (exact) mass is 475 g/mol. The van der Waals surface area contributed by atoms with Crippen molar-refractivity contribution in [2.75, 3.05) is 6.54 Å². The fraction of sp³-hybridized carbons (Fsp3) is 0.0400. The van der Waals surface area contributed by atoms with E-state index in [2.05, 4.69) is 20.9 Å². The molecule has 0 aliphatic heterocycles. The molecule has 0 spiro atoms. The Balaban J connectivity index is 1.45. The van der Waals surface area contributed by atoms with E-state index in [1.807, 2.05) is 30.3 Å². The molecule has 0 aliphatic rings. The second kappa shape index (κ2) is 10.5. The molecule has 0 unspecified atom stereocenters. The summed E-state index contributed by atoms with van der Waals surface area (Å²) in [7, 11) is 0. The van der Waals surface area contributed by atoms with E-state index in [0.29, 0.717) is 27.4 Å². The molecule has 0 saturated carbocycles. The first-order valence-electron chi connectivity index (χ1n) is 10.3. The van der Waals surface area contributed by atoms with Gasteiger partial charge in [0.25, 0.3) is 11.8 Å². The number of halogens is 2. The van der Waals surface area contributed by atoms with E-state index in [-0.39, 0.29) is 12.4 Å². The first-order chi connectivity index (χ1) is 16.5. The summed E-state index contributed by atoms with van der Waals surface area (Å²) in [5.74, 6) is -1.26. The molecule has 34 heavy (non-hydrogen) atoms. The van der Waals surface area contributed by atoms with Crippen molar-refractivity contribution >= 4 is 29.6 Å².